The van der Waals surface area contributed by atoms with Crippen molar-refractivity contribution in [2.45, 2.75) is 25.3 Å². The second-order valence-corrected chi connectivity index (χ2v) is 4.55. The van der Waals surface area contributed by atoms with Crippen LogP contribution in [0.25, 0.3) is 0 Å². The van der Waals surface area contributed by atoms with E-state index in [4.69, 9.17) is 16.9 Å². The largest absolute Gasteiger partial charge is 0.361 e. The predicted octanol–water partition coefficient (Wildman–Crippen LogP) is 2.77. The number of hydrogen-bond donors (Lipinski definition) is 0. The molecule has 1 atom stereocenters. The molecule has 0 aliphatic carbocycles. The van der Waals surface area contributed by atoms with Crippen LogP contribution in [-0.2, 0) is 4.79 Å². The number of hydrogen-bond acceptors (Lipinski definition) is 3. The van der Waals surface area contributed by atoms with Gasteiger partial charge in [-0.1, -0.05) is 17.7 Å². The molecule has 1 aliphatic rings. The fraction of sp³-hybridized carbons (Fsp3) is 0.385. The zero-order chi connectivity index (χ0) is 12.3. The SMILES string of the molecule is N#Cc1c(Cl)cccc1N1CCCCC1C=O. The van der Waals surface area contributed by atoms with Crippen LogP contribution in [0.4, 0.5) is 5.69 Å². The highest BCUT2D eigenvalue weighted by Gasteiger charge is 2.24. The van der Waals surface area contributed by atoms with Crippen LogP contribution in [-0.4, -0.2) is 18.9 Å². The summed E-state index contributed by atoms with van der Waals surface area (Å²) in [5.41, 5.74) is 1.24. The lowest BCUT2D eigenvalue weighted by molar-refractivity contribution is -0.109. The molecule has 1 aromatic rings. The van der Waals surface area contributed by atoms with Crippen molar-refractivity contribution in [1.29, 1.82) is 5.26 Å². The summed E-state index contributed by atoms with van der Waals surface area (Å²) >= 11 is 6.00. The van der Waals surface area contributed by atoms with Gasteiger partial charge in [0.25, 0.3) is 0 Å². The summed E-state index contributed by atoms with van der Waals surface area (Å²) in [6.45, 7) is 0.804. The molecular formula is C13H13ClN2O. The summed E-state index contributed by atoms with van der Waals surface area (Å²) in [6.07, 6.45) is 3.91. The predicted molar refractivity (Wildman–Crippen MR) is 67.2 cm³/mol. The third kappa shape index (κ3) is 2.27. The van der Waals surface area contributed by atoms with Crippen LogP contribution in [0.5, 0.6) is 0 Å². The van der Waals surface area contributed by atoms with E-state index in [2.05, 4.69) is 6.07 Å². The number of benzene rings is 1. The first-order valence-electron chi connectivity index (χ1n) is 5.68. The molecule has 2 rings (SSSR count). The van der Waals surface area contributed by atoms with Crippen molar-refractivity contribution in [3.8, 4) is 6.07 Å². The summed E-state index contributed by atoms with van der Waals surface area (Å²) in [7, 11) is 0. The number of carbonyl (C=O) groups is 1. The van der Waals surface area contributed by atoms with Crippen LogP contribution in [0, 0.1) is 11.3 Å². The Bertz CT molecular complexity index is 467. The van der Waals surface area contributed by atoms with Gasteiger partial charge in [0.2, 0.25) is 0 Å². The van der Waals surface area contributed by atoms with Crippen molar-refractivity contribution < 1.29 is 4.79 Å². The minimum atomic E-state index is -0.130. The summed E-state index contributed by atoms with van der Waals surface area (Å²) in [5.74, 6) is 0. The van der Waals surface area contributed by atoms with E-state index in [9.17, 15) is 4.79 Å². The van der Waals surface area contributed by atoms with Crippen molar-refractivity contribution in [3.05, 3.63) is 28.8 Å². The average molecular weight is 249 g/mol. The molecule has 0 amide bonds. The molecule has 0 spiro atoms. The highest BCUT2D eigenvalue weighted by Crippen LogP contribution is 2.30. The number of rotatable bonds is 2. The van der Waals surface area contributed by atoms with E-state index in [1.165, 1.54) is 0 Å². The van der Waals surface area contributed by atoms with Gasteiger partial charge in [-0.05, 0) is 31.4 Å². The molecule has 0 bridgehead atoms. The molecule has 1 unspecified atom stereocenters. The van der Waals surface area contributed by atoms with E-state index in [1.54, 1.807) is 6.07 Å². The monoisotopic (exact) mass is 248 g/mol. The summed E-state index contributed by atoms with van der Waals surface area (Å²) in [5, 5.41) is 9.58. The Morgan fingerprint density at radius 3 is 3.00 bits per heavy atom. The quantitative estimate of drug-likeness (QED) is 0.756. The molecule has 88 valence electrons. The molecular weight excluding hydrogens is 236 g/mol. The van der Waals surface area contributed by atoms with Gasteiger partial charge in [-0.2, -0.15) is 5.26 Å². The van der Waals surface area contributed by atoms with Crippen LogP contribution in [0.2, 0.25) is 5.02 Å². The molecule has 0 radical (unpaired) electrons. The van der Waals surface area contributed by atoms with Gasteiger partial charge in [-0.25, -0.2) is 0 Å². The molecule has 1 fully saturated rings. The summed E-state index contributed by atoms with van der Waals surface area (Å²) in [4.78, 5) is 13.1. The molecule has 1 heterocycles. The van der Waals surface area contributed by atoms with Crippen LogP contribution >= 0.6 is 11.6 Å². The second kappa shape index (κ2) is 5.20. The summed E-state index contributed by atoms with van der Waals surface area (Å²) < 4.78 is 0. The van der Waals surface area contributed by atoms with Crippen LogP contribution < -0.4 is 4.90 Å². The van der Waals surface area contributed by atoms with Gasteiger partial charge < -0.3 is 9.69 Å². The molecule has 4 heteroatoms. The maximum Gasteiger partial charge on any atom is 0.142 e. The molecule has 1 aliphatic heterocycles. The zero-order valence-electron chi connectivity index (χ0n) is 9.40. The normalized spacial score (nSPS) is 19.8. The minimum Gasteiger partial charge on any atom is -0.361 e. The first kappa shape index (κ1) is 11.9. The fourth-order valence-corrected chi connectivity index (χ4v) is 2.47. The van der Waals surface area contributed by atoms with Crippen LogP contribution in [0.15, 0.2) is 18.2 Å². The van der Waals surface area contributed by atoms with Gasteiger partial charge in [0, 0.05) is 6.54 Å². The number of piperidine rings is 1. The third-order valence-corrected chi connectivity index (χ3v) is 3.43. The van der Waals surface area contributed by atoms with Crippen molar-refractivity contribution in [3.63, 3.8) is 0 Å². The van der Waals surface area contributed by atoms with Crippen LogP contribution in [0.1, 0.15) is 24.8 Å². The Morgan fingerprint density at radius 1 is 1.47 bits per heavy atom. The Balaban J connectivity index is 2.42. The highest BCUT2D eigenvalue weighted by atomic mass is 35.5. The maximum atomic E-state index is 11.1. The third-order valence-electron chi connectivity index (χ3n) is 3.12. The van der Waals surface area contributed by atoms with Crippen molar-refractivity contribution in [2.75, 3.05) is 11.4 Å². The molecule has 3 nitrogen and oxygen atoms in total. The topological polar surface area (TPSA) is 44.1 Å². The Hall–Kier alpha value is -1.53. The molecule has 0 aromatic heterocycles. The van der Waals surface area contributed by atoms with Crippen molar-refractivity contribution >= 4 is 23.6 Å². The number of carbonyl (C=O) groups excluding carboxylic acids is 1. The summed E-state index contributed by atoms with van der Waals surface area (Å²) in [6, 6.07) is 7.35. The van der Waals surface area contributed by atoms with Gasteiger partial charge in [0.15, 0.2) is 0 Å². The van der Waals surface area contributed by atoms with Gasteiger partial charge in [0.05, 0.1) is 22.3 Å². The lowest BCUT2D eigenvalue weighted by atomic mass is 10.0. The first-order valence-corrected chi connectivity index (χ1v) is 6.06. The van der Waals surface area contributed by atoms with Crippen molar-refractivity contribution in [2.24, 2.45) is 0 Å². The Morgan fingerprint density at radius 2 is 2.29 bits per heavy atom. The van der Waals surface area contributed by atoms with Gasteiger partial charge in [0.1, 0.15) is 12.4 Å². The maximum absolute atomic E-state index is 11.1. The lowest BCUT2D eigenvalue weighted by Gasteiger charge is -2.34. The number of nitrogens with zero attached hydrogens (tertiary/aromatic N) is 2. The molecule has 1 saturated heterocycles. The van der Waals surface area contributed by atoms with E-state index < -0.39 is 0 Å². The number of aldehydes is 1. The molecule has 1 aromatic carbocycles. The van der Waals surface area contributed by atoms with Gasteiger partial charge >= 0.3 is 0 Å². The number of anilines is 1. The first-order chi connectivity index (χ1) is 8.27. The minimum absolute atomic E-state index is 0.130. The van der Waals surface area contributed by atoms with Gasteiger partial charge in [-0.3, -0.25) is 0 Å². The Kier molecular flexibility index (Phi) is 3.65. The number of halogens is 1. The van der Waals surface area contributed by atoms with Crippen molar-refractivity contribution in [1.82, 2.24) is 0 Å². The zero-order valence-corrected chi connectivity index (χ0v) is 10.2. The average Bonchev–Trinajstić information content (AvgIpc) is 2.38. The Labute approximate surface area is 106 Å². The molecule has 0 saturated carbocycles. The molecule has 17 heavy (non-hydrogen) atoms. The van der Waals surface area contributed by atoms with E-state index in [-0.39, 0.29) is 6.04 Å². The standard InChI is InChI=1S/C13H13ClN2O/c14-12-5-3-6-13(11(12)8-15)16-7-2-1-4-10(16)9-17/h3,5-6,9-10H,1-2,4,7H2. The van der Waals surface area contributed by atoms with E-state index >= 15 is 0 Å². The number of nitriles is 1. The second-order valence-electron chi connectivity index (χ2n) is 4.14. The van der Waals surface area contributed by atoms with Crippen LogP contribution in [0.3, 0.4) is 0 Å². The van der Waals surface area contributed by atoms with E-state index in [1.807, 2.05) is 17.0 Å². The highest BCUT2D eigenvalue weighted by molar-refractivity contribution is 6.32. The van der Waals surface area contributed by atoms with Gasteiger partial charge in [-0.15, -0.1) is 0 Å². The molecule has 0 N–H and O–H groups in total. The van der Waals surface area contributed by atoms with E-state index in [0.717, 1.165) is 37.8 Å². The fourth-order valence-electron chi connectivity index (χ4n) is 2.26. The smallest absolute Gasteiger partial charge is 0.142 e. The lowest BCUT2D eigenvalue weighted by Crippen LogP contribution is -2.41. The van der Waals surface area contributed by atoms with E-state index in [0.29, 0.717) is 10.6 Å².